The lowest BCUT2D eigenvalue weighted by molar-refractivity contribution is -0.138. The number of carboxylic acids is 1. The highest BCUT2D eigenvalue weighted by Gasteiger charge is 2.10. The van der Waals surface area contributed by atoms with Gasteiger partial charge < -0.3 is 21.9 Å². The second-order valence-electron chi connectivity index (χ2n) is 4.32. The third-order valence-electron chi connectivity index (χ3n) is 2.72. The van der Waals surface area contributed by atoms with Crippen LogP contribution < -0.4 is 16.8 Å². The Morgan fingerprint density at radius 3 is 2.42 bits per heavy atom. The number of benzene rings is 1. The molecule has 1 amide bonds. The average molecular weight is 265 g/mol. The van der Waals surface area contributed by atoms with Gasteiger partial charge in [0.2, 0.25) is 0 Å². The number of carbonyl (C=O) groups is 2. The van der Waals surface area contributed by atoms with Gasteiger partial charge in [-0.3, -0.25) is 9.59 Å². The molecule has 104 valence electrons. The number of unbranched alkanes of at least 4 members (excludes halogenated alkanes) is 1. The van der Waals surface area contributed by atoms with Crippen molar-refractivity contribution < 1.29 is 14.7 Å². The van der Waals surface area contributed by atoms with Gasteiger partial charge in [0.25, 0.3) is 5.91 Å². The predicted octanol–water partition coefficient (Wildman–Crippen LogP) is 0.581. The third kappa shape index (κ3) is 5.39. The van der Waals surface area contributed by atoms with Crippen LogP contribution >= 0.6 is 0 Å². The normalized spacial score (nSPS) is 11.8. The highest BCUT2D eigenvalue weighted by molar-refractivity contribution is 5.94. The number of amides is 1. The van der Waals surface area contributed by atoms with Crippen molar-refractivity contribution in [1.82, 2.24) is 5.32 Å². The summed E-state index contributed by atoms with van der Waals surface area (Å²) >= 11 is 0. The van der Waals surface area contributed by atoms with Crippen LogP contribution in [0.15, 0.2) is 24.3 Å². The first-order chi connectivity index (χ1) is 9.00. The number of rotatable bonds is 7. The number of aliphatic carboxylic acids is 1. The first-order valence-electron chi connectivity index (χ1n) is 6.13. The molecular weight excluding hydrogens is 246 g/mol. The van der Waals surface area contributed by atoms with Crippen LogP contribution in [0.2, 0.25) is 0 Å². The molecule has 0 heterocycles. The highest BCUT2D eigenvalue weighted by Crippen LogP contribution is 2.05. The van der Waals surface area contributed by atoms with Gasteiger partial charge in [-0.15, -0.1) is 0 Å². The number of anilines is 1. The van der Waals surface area contributed by atoms with Crippen LogP contribution in [0.4, 0.5) is 5.69 Å². The van der Waals surface area contributed by atoms with Crippen LogP contribution in [0.3, 0.4) is 0 Å². The molecule has 0 aliphatic rings. The van der Waals surface area contributed by atoms with Gasteiger partial charge in [-0.2, -0.15) is 0 Å². The van der Waals surface area contributed by atoms with Gasteiger partial charge in [-0.25, -0.2) is 0 Å². The van der Waals surface area contributed by atoms with Crippen LogP contribution in [0.5, 0.6) is 0 Å². The van der Waals surface area contributed by atoms with Crippen molar-refractivity contribution in [3.05, 3.63) is 29.8 Å². The Bertz CT molecular complexity index is 431. The van der Waals surface area contributed by atoms with Gasteiger partial charge in [0.05, 0.1) is 0 Å². The summed E-state index contributed by atoms with van der Waals surface area (Å²) in [7, 11) is 0. The zero-order valence-corrected chi connectivity index (χ0v) is 10.6. The van der Waals surface area contributed by atoms with Gasteiger partial charge in [0.1, 0.15) is 6.04 Å². The number of hydrogen-bond donors (Lipinski definition) is 4. The Balaban J connectivity index is 2.21. The van der Waals surface area contributed by atoms with E-state index in [0.29, 0.717) is 37.1 Å². The van der Waals surface area contributed by atoms with Gasteiger partial charge in [-0.1, -0.05) is 0 Å². The van der Waals surface area contributed by atoms with E-state index in [-0.39, 0.29) is 5.91 Å². The molecule has 0 spiro atoms. The maximum Gasteiger partial charge on any atom is 0.320 e. The van der Waals surface area contributed by atoms with Crippen molar-refractivity contribution in [1.29, 1.82) is 0 Å². The fourth-order valence-corrected chi connectivity index (χ4v) is 1.55. The van der Waals surface area contributed by atoms with Crippen molar-refractivity contribution in [3.63, 3.8) is 0 Å². The Kier molecular flexibility index (Phi) is 5.81. The maximum atomic E-state index is 11.7. The van der Waals surface area contributed by atoms with E-state index in [0.717, 1.165) is 0 Å². The molecule has 0 aliphatic carbocycles. The number of carbonyl (C=O) groups excluding carboxylic acids is 1. The molecule has 0 bridgehead atoms. The van der Waals surface area contributed by atoms with Gasteiger partial charge in [-0.05, 0) is 43.5 Å². The minimum absolute atomic E-state index is 0.164. The van der Waals surface area contributed by atoms with E-state index in [4.69, 9.17) is 16.6 Å². The molecule has 0 fully saturated rings. The van der Waals surface area contributed by atoms with E-state index in [1.54, 1.807) is 24.3 Å². The van der Waals surface area contributed by atoms with E-state index < -0.39 is 12.0 Å². The van der Waals surface area contributed by atoms with E-state index >= 15 is 0 Å². The molecule has 6 N–H and O–H groups in total. The van der Waals surface area contributed by atoms with Crippen molar-refractivity contribution in [2.45, 2.75) is 25.3 Å². The van der Waals surface area contributed by atoms with Crippen LogP contribution in [0, 0.1) is 0 Å². The lowest BCUT2D eigenvalue weighted by Gasteiger charge is -2.07. The second kappa shape index (κ2) is 7.38. The molecule has 19 heavy (non-hydrogen) atoms. The SMILES string of the molecule is Nc1ccc(C(=O)NCCCC[C@H](N)C(=O)O)cc1. The Labute approximate surface area is 111 Å². The highest BCUT2D eigenvalue weighted by atomic mass is 16.4. The van der Waals surface area contributed by atoms with Crippen LogP contribution in [0.1, 0.15) is 29.6 Å². The molecule has 0 unspecified atom stereocenters. The Morgan fingerprint density at radius 1 is 1.21 bits per heavy atom. The number of nitrogen functional groups attached to an aromatic ring is 1. The number of carboxylic acid groups (broad SMARTS) is 1. The van der Waals surface area contributed by atoms with Crippen LogP contribution in [-0.4, -0.2) is 29.6 Å². The van der Waals surface area contributed by atoms with E-state index in [1.165, 1.54) is 0 Å². The molecular formula is C13H19N3O3. The van der Waals surface area contributed by atoms with Crippen molar-refractivity contribution >= 4 is 17.6 Å². The maximum absolute atomic E-state index is 11.7. The summed E-state index contributed by atoms with van der Waals surface area (Å²) in [6.07, 6.45) is 1.77. The topological polar surface area (TPSA) is 118 Å². The molecule has 1 aromatic carbocycles. The van der Waals surface area contributed by atoms with Crippen molar-refractivity contribution in [3.8, 4) is 0 Å². The molecule has 0 radical (unpaired) electrons. The first kappa shape index (κ1) is 15.0. The Morgan fingerprint density at radius 2 is 1.84 bits per heavy atom. The molecule has 0 aliphatic heterocycles. The van der Waals surface area contributed by atoms with E-state index in [9.17, 15) is 9.59 Å². The quantitative estimate of drug-likeness (QED) is 0.425. The van der Waals surface area contributed by atoms with Gasteiger partial charge in [0.15, 0.2) is 0 Å². The largest absolute Gasteiger partial charge is 0.480 e. The van der Waals surface area contributed by atoms with E-state index in [2.05, 4.69) is 5.32 Å². The standard InChI is InChI=1S/C13H19N3O3/c14-10-6-4-9(5-7-10)12(17)16-8-2-1-3-11(15)13(18)19/h4-7,11H,1-3,8,14-15H2,(H,16,17)(H,18,19)/t11-/m0/s1. The number of nitrogens with two attached hydrogens (primary N) is 2. The second-order valence-corrected chi connectivity index (χ2v) is 4.32. The lowest BCUT2D eigenvalue weighted by atomic mass is 10.1. The predicted molar refractivity (Wildman–Crippen MR) is 72.6 cm³/mol. The summed E-state index contributed by atoms with van der Waals surface area (Å²) in [5, 5.41) is 11.3. The zero-order valence-electron chi connectivity index (χ0n) is 10.6. The number of hydrogen-bond acceptors (Lipinski definition) is 4. The van der Waals surface area contributed by atoms with Gasteiger partial charge >= 0.3 is 5.97 Å². The molecule has 1 atom stereocenters. The van der Waals surface area contributed by atoms with Crippen LogP contribution in [-0.2, 0) is 4.79 Å². The van der Waals surface area contributed by atoms with Crippen molar-refractivity contribution in [2.24, 2.45) is 5.73 Å². The van der Waals surface area contributed by atoms with E-state index in [1.807, 2.05) is 0 Å². The smallest absolute Gasteiger partial charge is 0.320 e. The number of nitrogens with one attached hydrogen (secondary N) is 1. The Hall–Kier alpha value is -2.08. The van der Waals surface area contributed by atoms with Crippen molar-refractivity contribution in [2.75, 3.05) is 12.3 Å². The summed E-state index contributed by atoms with van der Waals surface area (Å²) in [5.41, 5.74) is 12.1. The fourth-order valence-electron chi connectivity index (χ4n) is 1.55. The summed E-state index contributed by atoms with van der Waals surface area (Å²) in [6.45, 7) is 0.496. The first-order valence-corrected chi connectivity index (χ1v) is 6.13. The summed E-state index contributed by atoms with van der Waals surface area (Å²) < 4.78 is 0. The minimum Gasteiger partial charge on any atom is -0.480 e. The van der Waals surface area contributed by atoms with Crippen LogP contribution in [0.25, 0.3) is 0 Å². The minimum atomic E-state index is -0.995. The lowest BCUT2D eigenvalue weighted by Crippen LogP contribution is -2.30. The molecule has 0 saturated carbocycles. The molecule has 1 rings (SSSR count). The summed E-state index contributed by atoms with van der Waals surface area (Å²) in [6, 6.07) is 5.82. The average Bonchev–Trinajstić information content (AvgIpc) is 2.38. The molecule has 0 aromatic heterocycles. The molecule has 1 aromatic rings. The summed E-state index contributed by atoms with van der Waals surface area (Å²) in [4.78, 5) is 22.2. The molecule has 6 heteroatoms. The summed E-state index contributed by atoms with van der Waals surface area (Å²) in [5.74, 6) is -1.16. The van der Waals surface area contributed by atoms with Gasteiger partial charge in [0, 0.05) is 17.8 Å². The molecule has 0 saturated heterocycles. The fraction of sp³-hybridized carbons (Fsp3) is 0.385. The molecule has 6 nitrogen and oxygen atoms in total. The monoisotopic (exact) mass is 265 g/mol. The third-order valence-corrected chi connectivity index (χ3v) is 2.72. The zero-order chi connectivity index (χ0) is 14.3.